The van der Waals surface area contributed by atoms with E-state index in [1.165, 1.54) is 12.1 Å². The molecular formula is C11H12O5. The third-order valence-electron chi connectivity index (χ3n) is 3.07. The number of carboxylic acid groups (broad SMARTS) is 1. The monoisotopic (exact) mass is 224 g/mol. The number of aromatic hydroxyl groups is 2. The molecule has 0 saturated heterocycles. The lowest BCUT2D eigenvalue weighted by molar-refractivity contribution is -0.153. The van der Waals surface area contributed by atoms with Gasteiger partial charge in [0, 0.05) is 11.6 Å². The third kappa shape index (κ3) is 1.40. The number of benzene rings is 1. The molecule has 1 aliphatic carbocycles. The standard InChI is InChI=1S/C11H12O5/c12-6-1-2-8(9(14)3-6)11(10(15)16)4-7(13)5-11/h1-3,7,12-14H,4-5H2,(H,15,16). The van der Waals surface area contributed by atoms with Gasteiger partial charge in [-0.1, -0.05) is 6.07 Å². The lowest BCUT2D eigenvalue weighted by Crippen LogP contribution is -2.50. The number of hydrogen-bond acceptors (Lipinski definition) is 4. The first-order chi connectivity index (χ1) is 7.45. The normalized spacial score (nSPS) is 28.4. The van der Waals surface area contributed by atoms with Crippen molar-refractivity contribution in [2.24, 2.45) is 0 Å². The molecule has 0 bridgehead atoms. The van der Waals surface area contributed by atoms with Crippen molar-refractivity contribution in [1.82, 2.24) is 0 Å². The topological polar surface area (TPSA) is 98.0 Å². The van der Waals surface area contributed by atoms with Gasteiger partial charge in [0.2, 0.25) is 0 Å². The van der Waals surface area contributed by atoms with Gasteiger partial charge in [0.25, 0.3) is 0 Å². The number of carbonyl (C=O) groups is 1. The van der Waals surface area contributed by atoms with E-state index in [2.05, 4.69) is 0 Å². The molecular weight excluding hydrogens is 212 g/mol. The molecule has 5 heteroatoms. The van der Waals surface area contributed by atoms with Gasteiger partial charge in [0.05, 0.1) is 6.10 Å². The summed E-state index contributed by atoms with van der Waals surface area (Å²) in [5.74, 6) is -1.45. The van der Waals surface area contributed by atoms with Crippen molar-refractivity contribution >= 4 is 5.97 Å². The summed E-state index contributed by atoms with van der Waals surface area (Å²) < 4.78 is 0. The molecule has 0 spiro atoms. The van der Waals surface area contributed by atoms with Gasteiger partial charge >= 0.3 is 5.97 Å². The molecule has 1 saturated carbocycles. The van der Waals surface area contributed by atoms with Crippen LogP contribution in [0.3, 0.4) is 0 Å². The summed E-state index contributed by atoms with van der Waals surface area (Å²) in [6.45, 7) is 0. The number of phenolic OH excluding ortho intramolecular Hbond substituents is 2. The maximum absolute atomic E-state index is 11.2. The van der Waals surface area contributed by atoms with Crippen LogP contribution in [0.25, 0.3) is 0 Å². The second-order valence-corrected chi connectivity index (χ2v) is 4.15. The zero-order valence-electron chi connectivity index (χ0n) is 8.42. The van der Waals surface area contributed by atoms with Crippen molar-refractivity contribution in [3.8, 4) is 11.5 Å². The van der Waals surface area contributed by atoms with E-state index < -0.39 is 17.5 Å². The van der Waals surface area contributed by atoms with Gasteiger partial charge in [-0.15, -0.1) is 0 Å². The summed E-state index contributed by atoms with van der Waals surface area (Å²) in [4.78, 5) is 11.2. The highest BCUT2D eigenvalue weighted by molar-refractivity contribution is 5.84. The maximum Gasteiger partial charge on any atom is 0.314 e. The Labute approximate surface area is 91.6 Å². The molecule has 0 radical (unpaired) electrons. The lowest BCUT2D eigenvalue weighted by Gasteiger charge is -2.42. The molecule has 1 aromatic rings. The maximum atomic E-state index is 11.2. The van der Waals surface area contributed by atoms with Gasteiger partial charge in [-0.3, -0.25) is 4.79 Å². The number of rotatable bonds is 2. The number of aliphatic hydroxyl groups is 1. The summed E-state index contributed by atoms with van der Waals surface area (Å²) in [5.41, 5.74) is -0.986. The minimum Gasteiger partial charge on any atom is -0.508 e. The zero-order chi connectivity index (χ0) is 11.9. The van der Waals surface area contributed by atoms with Gasteiger partial charge < -0.3 is 20.4 Å². The first kappa shape index (κ1) is 10.8. The van der Waals surface area contributed by atoms with E-state index in [-0.39, 0.29) is 29.9 Å². The fraction of sp³-hybridized carbons (Fsp3) is 0.364. The van der Waals surface area contributed by atoms with E-state index in [1.54, 1.807) is 0 Å². The summed E-state index contributed by atoms with van der Waals surface area (Å²) >= 11 is 0. The molecule has 0 heterocycles. The van der Waals surface area contributed by atoms with Crippen molar-refractivity contribution in [3.63, 3.8) is 0 Å². The van der Waals surface area contributed by atoms with Crippen molar-refractivity contribution < 1.29 is 25.2 Å². The van der Waals surface area contributed by atoms with Gasteiger partial charge in [0.15, 0.2) is 0 Å². The second-order valence-electron chi connectivity index (χ2n) is 4.15. The zero-order valence-corrected chi connectivity index (χ0v) is 8.42. The largest absolute Gasteiger partial charge is 0.508 e. The quantitative estimate of drug-likeness (QED) is 0.589. The first-order valence-corrected chi connectivity index (χ1v) is 4.89. The Morgan fingerprint density at radius 2 is 1.94 bits per heavy atom. The van der Waals surface area contributed by atoms with E-state index >= 15 is 0 Å². The first-order valence-electron chi connectivity index (χ1n) is 4.89. The Morgan fingerprint density at radius 3 is 2.38 bits per heavy atom. The van der Waals surface area contributed by atoms with Crippen LogP contribution in [-0.2, 0) is 10.2 Å². The van der Waals surface area contributed by atoms with Crippen LogP contribution in [0, 0.1) is 0 Å². The van der Waals surface area contributed by atoms with Crippen LogP contribution in [0.2, 0.25) is 0 Å². The van der Waals surface area contributed by atoms with E-state index in [4.69, 9.17) is 10.2 Å². The third-order valence-corrected chi connectivity index (χ3v) is 3.07. The molecule has 86 valence electrons. The molecule has 0 aliphatic heterocycles. The van der Waals surface area contributed by atoms with Crippen LogP contribution >= 0.6 is 0 Å². The summed E-state index contributed by atoms with van der Waals surface area (Å²) in [5, 5.41) is 37.2. The predicted octanol–water partition coefficient (Wildman–Crippen LogP) is 0.575. The lowest BCUT2D eigenvalue weighted by atomic mass is 9.62. The van der Waals surface area contributed by atoms with Gasteiger partial charge in [-0.25, -0.2) is 0 Å². The fourth-order valence-electron chi connectivity index (χ4n) is 2.18. The van der Waals surface area contributed by atoms with Crippen LogP contribution < -0.4 is 0 Å². The van der Waals surface area contributed by atoms with Gasteiger partial charge in [-0.2, -0.15) is 0 Å². The minimum atomic E-state index is -1.23. The van der Waals surface area contributed by atoms with Crippen LogP contribution in [0.15, 0.2) is 18.2 Å². The van der Waals surface area contributed by atoms with E-state index in [0.717, 1.165) is 6.07 Å². The van der Waals surface area contributed by atoms with Crippen molar-refractivity contribution in [2.45, 2.75) is 24.4 Å². The molecule has 5 nitrogen and oxygen atoms in total. The second kappa shape index (κ2) is 3.38. The van der Waals surface area contributed by atoms with E-state index in [0.29, 0.717) is 0 Å². The average Bonchev–Trinajstić information content (AvgIpc) is 2.12. The van der Waals surface area contributed by atoms with Crippen LogP contribution in [0.1, 0.15) is 18.4 Å². The Bertz CT molecular complexity index is 434. The van der Waals surface area contributed by atoms with Crippen LogP contribution in [-0.4, -0.2) is 32.5 Å². The Hall–Kier alpha value is -1.75. The van der Waals surface area contributed by atoms with E-state index in [1.807, 2.05) is 0 Å². The fourth-order valence-corrected chi connectivity index (χ4v) is 2.18. The van der Waals surface area contributed by atoms with Gasteiger partial charge in [-0.05, 0) is 18.9 Å². The Morgan fingerprint density at radius 1 is 1.31 bits per heavy atom. The highest BCUT2D eigenvalue weighted by Crippen LogP contribution is 2.47. The predicted molar refractivity (Wildman–Crippen MR) is 54.3 cm³/mol. The molecule has 0 unspecified atom stereocenters. The number of aliphatic hydroxyl groups excluding tert-OH is 1. The Balaban J connectivity index is 2.45. The average molecular weight is 224 g/mol. The number of phenols is 2. The summed E-state index contributed by atoms with van der Waals surface area (Å²) in [7, 11) is 0. The molecule has 4 N–H and O–H groups in total. The molecule has 0 atom stereocenters. The minimum absolute atomic E-state index is 0.0840. The van der Waals surface area contributed by atoms with Crippen molar-refractivity contribution in [2.75, 3.05) is 0 Å². The number of carboxylic acids is 1. The molecule has 1 aliphatic rings. The molecule has 2 rings (SSSR count). The van der Waals surface area contributed by atoms with Crippen LogP contribution in [0.4, 0.5) is 0 Å². The molecule has 1 aromatic carbocycles. The molecule has 0 aromatic heterocycles. The SMILES string of the molecule is O=C(O)C1(c2ccc(O)cc2O)CC(O)C1. The number of hydrogen-bond donors (Lipinski definition) is 4. The Kier molecular flexibility index (Phi) is 2.27. The van der Waals surface area contributed by atoms with Crippen molar-refractivity contribution in [3.05, 3.63) is 23.8 Å². The molecule has 16 heavy (non-hydrogen) atoms. The van der Waals surface area contributed by atoms with E-state index in [9.17, 15) is 15.0 Å². The van der Waals surface area contributed by atoms with Gasteiger partial charge in [0.1, 0.15) is 16.9 Å². The highest BCUT2D eigenvalue weighted by atomic mass is 16.4. The highest BCUT2D eigenvalue weighted by Gasteiger charge is 2.52. The van der Waals surface area contributed by atoms with Crippen LogP contribution in [0.5, 0.6) is 11.5 Å². The summed E-state index contributed by atoms with van der Waals surface area (Å²) in [6, 6.07) is 3.81. The number of aliphatic carboxylic acids is 1. The molecule has 0 amide bonds. The summed E-state index contributed by atoms with van der Waals surface area (Å²) in [6.07, 6.45) is -0.481. The molecule has 1 fully saturated rings. The smallest absolute Gasteiger partial charge is 0.314 e. The van der Waals surface area contributed by atoms with Crippen molar-refractivity contribution in [1.29, 1.82) is 0 Å².